The van der Waals surface area contributed by atoms with E-state index in [4.69, 9.17) is 5.73 Å². The number of rotatable bonds is 3. The number of hydrogen-bond acceptors (Lipinski definition) is 5. The molecule has 0 amide bonds. The van der Waals surface area contributed by atoms with E-state index in [0.717, 1.165) is 6.21 Å². The number of nitrogen functional groups attached to an aromatic ring is 1. The van der Waals surface area contributed by atoms with Crippen LogP contribution >= 0.6 is 0 Å². The minimum absolute atomic E-state index is 0.119. The topological polar surface area (TPSA) is 99.3 Å². The third-order valence-electron chi connectivity index (χ3n) is 2.59. The Kier molecular flexibility index (Phi) is 3.47. The van der Waals surface area contributed by atoms with Gasteiger partial charge in [0.2, 0.25) is 5.95 Å². The number of aromatic nitrogens is 2. The smallest absolute Gasteiger partial charge is 0.281 e. The maximum atomic E-state index is 13.8. The zero-order valence-corrected chi connectivity index (χ0v) is 10.9. The van der Waals surface area contributed by atoms with Crippen LogP contribution in [0, 0.1) is 29.8 Å². The zero-order valence-electron chi connectivity index (χ0n) is 10.9. The van der Waals surface area contributed by atoms with Crippen LogP contribution in [0.25, 0.3) is 0 Å². The third-order valence-corrected chi connectivity index (χ3v) is 2.59. The summed E-state index contributed by atoms with van der Waals surface area (Å²) < 4.78 is 15.0. The molecule has 104 valence electrons. The minimum atomic E-state index is -0.712. The molecule has 0 saturated carbocycles. The molecule has 0 bridgehead atoms. The number of anilines is 1. The first kappa shape index (κ1) is 13.7. The molecule has 0 saturated heterocycles. The van der Waals surface area contributed by atoms with Crippen molar-refractivity contribution >= 4 is 17.9 Å². The lowest BCUT2D eigenvalue weighted by molar-refractivity contribution is -0.385. The van der Waals surface area contributed by atoms with Crippen molar-refractivity contribution in [3.05, 3.63) is 51.1 Å². The number of aryl methyl sites for hydroxylation is 2. The molecule has 2 N–H and O–H groups in total. The molecule has 1 aromatic carbocycles. The first-order chi connectivity index (χ1) is 9.38. The molecular weight excluding hydrogens is 265 g/mol. The lowest BCUT2D eigenvalue weighted by Gasteiger charge is -2.01. The molecule has 0 radical (unpaired) electrons. The summed E-state index contributed by atoms with van der Waals surface area (Å²) >= 11 is 0. The average molecular weight is 277 g/mol. The SMILES string of the molecule is Cc1cc(F)c(C=Nn2cc(C)nc2N)c([N+](=O)[O-])c1. The average Bonchev–Trinajstić information content (AvgIpc) is 2.65. The van der Waals surface area contributed by atoms with Crippen molar-refractivity contribution in [3.63, 3.8) is 0 Å². The van der Waals surface area contributed by atoms with E-state index in [1.165, 1.54) is 23.0 Å². The summed E-state index contributed by atoms with van der Waals surface area (Å²) in [6.45, 7) is 3.30. The Labute approximate surface area is 113 Å². The molecule has 2 aromatic rings. The van der Waals surface area contributed by atoms with Crippen molar-refractivity contribution in [1.82, 2.24) is 9.66 Å². The second kappa shape index (κ2) is 5.08. The first-order valence-electron chi connectivity index (χ1n) is 5.69. The van der Waals surface area contributed by atoms with Gasteiger partial charge in [0.1, 0.15) is 11.4 Å². The molecule has 8 heteroatoms. The van der Waals surface area contributed by atoms with E-state index in [-0.39, 0.29) is 17.2 Å². The van der Waals surface area contributed by atoms with E-state index in [9.17, 15) is 14.5 Å². The van der Waals surface area contributed by atoms with E-state index in [0.29, 0.717) is 11.3 Å². The van der Waals surface area contributed by atoms with E-state index >= 15 is 0 Å². The largest absolute Gasteiger partial charge is 0.368 e. The monoisotopic (exact) mass is 277 g/mol. The zero-order chi connectivity index (χ0) is 14.9. The van der Waals surface area contributed by atoms with Gasteiger partial charge in [-0.3, -0.25) is 10.1 Å². The van der Waals surface area contributed by atoms with Crippen LogP contribution in [-0.2, 0) is 0 Å². The molecule has 7 nitrogen and oxygen atoms in total. The normalized spacial score (nSPS) is 11.2. The van der Waals surface area contributed by atoms with Crippen molar-refractivity contribution < 1.29 is 9.31 Å². The van der Waals surface area contributed by atoms with Gasteiger partial charge < -0.3 is 5.73 Å². The van der Waals surface area contributed by atoms with Crippen LogP contribution in [0.3, 0.4) is 0 Å². The van der Waals surface area contributed by atoms with Crippen LogP contribution in [0.4, 0.5) is 16.0 Å². The lowest BCUT2D eigenvalue weighted by atomic mass is 10.1. The Morgan fingerprint density at radius 1 is 1.50 bits per heavy atom. The van der Waals surface area contributed by atoms with Gasteiger partial charge in [0.25, 0.3) is 5.69 Å². The third kappa shape index (κ3) is 2.63. The van der Waals surface area contributed by atoms with Crippen LogP contribution in [-0.4, -0.2) is 20.8 Å². The number of nitrogens with zero attached hydrogens (tertiary/aromatic N) is 4. The number of nitrogens with two attached hydrogens (primary N) is 1. The second-order valence-electron chi connectivity index (χ2n) is 4.27. The fourth-order valence-electron chi connectivity index (χ4n) is 1.73. The van der Waals surface area contributed by atoms with Crippen LogP contribution in [0.2, 0.25) is 0 Å². The van der Waals surface area contributed by atoms with Crippen molar-refractivity contribution in [1.29, 1.82) is 0 Å². The highest BCUT2D eigenvalue weighted by molar-refractivity contribution is 5.85. The molecule has 1 heterocycles. The Morgan fingerprint density at radius 3 is 2.75 bits per heavy atom. The Bertz CT molecular complexity index is 708. The molecular formula is C12H12FN5O2. The quantitative estimate of drug-likeness (QED) is 0.527. The predicted octanol–water partition coefficient (Wildman–Crippen LogP) is 2.01. The minimum Gasteiger partial charge on any atom is -0.368 e. The first-order valence-corrected chi connectivity index (χ1v) is 5.69. The second-order valence-corrected chi connectivity index (χ2v) is 4.27. The van der Waals surface area contributed by atoms with E-state index in [1.807, 2.05) is 0 Å². The van der Waals surface area contributed by atoms with Crippen LogP contribution in [0.15, 0.2) is 23.4 Å². The van der Waals surface area contributed by atoms with E-state index in [1.54, 1.807) is 13.8 Å². The van der Waals surface area contributed by atoms with Gasteiger partial charge in [0.05, 0.1) is 23.0 Å². The predicted molar refractivity (Wildman–Crippen MR) is 72.2 cm³/mol. The number of hydrogen-bond donors (Lipinski definition) is 1. The highest BCUT2D eigenvalue weighted by Gasteiger charge is 2.17. The number of nitro benzene ring substituents is 1. The molecule has 0 unspecified atom stereocenters. The summed E-state index contributed by atoms with van der Waals surface area (Å²) in [7, 11) is 0. The fraction of sp³-hybridized carbons (Fsp3) is 0.167. The van der Waals surface area contributed by atoms with Crippen molar-refractivity contribution in [3.8, 4) is 0 Å². The highest BCUT2D eigenvalue weighted by Crippen LogP contribution is 2.22. The molecule has 0 aliphatic heterocycles. The maximum Gasteiger partial charge on any atom is 0.281 e. The summed E-state index contributed by atoms with van der Waals surface area (Å²) in [5.74, 6) is -0.593. The molecule has 20 heavy (non-hydrogen) atoms. The summed E-state index contributed by atoms with van der Waals surface area (Å²) in [6.07, 6.45) is 2.59. The van der Waals surface area contributed by atoms with Gasteiger partial charge in [-0.15, -0.1) is 0 Å². The van der Waals surface area contributed by atoms with Crippen LogP contribution in [0.5, 0.6) is 0 Å². The van der Waals surface area contributed by atoms with Gasteiger partial charge in [0, 0.05) is 6.07 Å². The van der Waals surface area contributed by atoms with Crippen LogP contribution in [0.1, 0.15) is 16.8 Å². The Balaban J connectivity index is 2.48. The molecule has 0 atom stereocenters. The molecule has 1 aromatic heterocycles. The number of nitro groups is 1. The fourth-order valence-corrected chi connectivity index (χ4v) is 1.73. The molecule has 0 fully saturated rings. The molecule has 0 aliphatic rings. The Hall–Kier alpha value is -2.77. The Morgan fingerprint density at radius 2 is 2.20 bits per heavy atom. The van der Waals surface area contributed by atoms with E-state index in [2.05, 4.69) is 10.1 Å². The van der Waals surface area contributed by atoms with Crippen molar-refractivity contribution in [2.45, 2.75) is 13.8 Å². The van der Waals surface area contributed by atoms with Crippen molar-refractivity contribution in [2.75, 3.05) is 5.73 Å². The molecule has 0 aliphatic carbocycles. The summed E-state index contributed by atoms with van der Waals surface area (Å²) in [5.41, 5.74) is 6.13. The van der Waals surface area contributed by atoms with Gasteiger partial charge >= 0.3 is 0 Å². The van der Waals surface area contributed by atoms with Gasteiger partial charge in [0.15, 0.2) is 0 Å². The van der Waals surface area contributed by atoms with Gasteiger partial charge in [-0.1, -0.05) is 0 Å². The standard InChI is InChI=1S/C12H12FN5O2/c1-7-3-10(13)9(11(4-7)18(19)20)5-15-17-6-8(2)16-12(17)14/h3-6H,1-2H3,(H2,14,16). The lowest BCUT2D eigenvalue weighted by Crippen LogP contribution is -2.02. The summed E-state index contributed by atoms with van der Waals surface area (Å²) in [5, 5.41) is 14.8. The van der Waals surface area contributed by atoms with E-state index < -0.39 is 10.7 Å². The number of imidazole rings is 1. The molecule has 0 spiro atoms. The maximum absolute atomic E-state index is 13.8. The summed E-state index contributed by atoms with van der Waals surface area (Å²) in [6, 6.07) is 2.49. The van der Waals surface area contributed by atoms with Gasteiger partial charge in [-0.05, 0) is 25.5 Å². The molecule has 2 rings (SSSR count). The van der Waals surface area contributed by atoms with Crippen molar-refractivity contribution in [2.24, 2.45) is 5.10 Å². The highest BCUT2D eigenvalue weighted by atomic mass is 19.1. The summed E-state index contributed by atoms with van der Waals surface area (Å²) in [4.78, 5) is 14.2. The van der Waals surface area contributed by atoms with Gasteiger partial charge in [-0.25, -0.2) is 14.1 Å². The van der Waals surface area contributed by atoms with Gasteiger partial charge in [-0.2, -0.15) is 5.10 Å². The van der Waals surface area contributed by atoms with Crippen LogP contribution < -0.4 is 5.73 Å². The number of halogens is 1. The number of benzene rings is 1.